The number of ether oxygens (including phenoxy) is 1. The highest BCUT2D eigenvalue weighted by Crippen LogP contribution is 2.22. The van der Waals surface area contributed by atoms with Crippen LogP contribution in [0.5, 0.6) is 0 Å². The third-order valence-electron chi connectivity index (χ3n) is 9.69. The number of benzene rings is 2. The van der Waals surface area contributed by atoms with Crippen LogP contribution in [-0.2, 0) is 16.0 Å². The Kier molecular flexibility index (Phi) is 14.3. The highest BCUT2D eigenvalue weighted by Gasteiger charge is 2.31. The summed E-state index contributed by atoms with van der Waals surface area (Å²) in [6.07, 6.45) is 1.78. The van der Waals surface area contributed by atoms with Gasteiger partial charge in [0, 0.05) is 95.3 Å². The molecule has 3 aliphatic rings. The minimum atomic E-state index is -0.647. The first-order chi connectivity index (χ1) is 24.8. The van der Waals surface area contributed by atoms with Gasteiger partial charge in [0.2, 0.25) is 11.8 Å². The van der Waals surface area contributed by atoms with Gasteiger partial charge >= 0.3 is 6.09 Å². The van der Waals surface area contributed by atoms with Crippen molar-refractivity contribution in [2.45, 2.75) is 59.5 Å². The van der Waals surface area contributed by atoms with Crippen LogP contribution >= 0.6 is 0 Å². The van der Waals surface area contributed by atoms with Crippen LogP contribution in [0.1, 0.15) is 79.3 Å². The Morgan fingerprint density at radius 2 is 1.37 bits per heavy atom. The fourth-order valence-electron chi connectivity index (χ4n) is 6.85. The van der Waals surface area contributed by atoms with Crippen molar-refractivity contribution in [3.63, 3.8) is 0 Å². The second-order valence-electron chi connectivity index (χ2n) is 14.5. The van der Waals surface area contributed by atoms with Crippen molar-refractivity contribution in [1.82, 2.24) is 24.5 Å². The van der Waals surface area contributed by atoms with Gasteiger partial charge in [0.25, 0.3) is 5.91 Å². The number of piperidine rings is 1. The van der Waals surface area contributed by atoms with Crippen LogP contribution in [0.15, 0.2) is 42.5 Å². The molecule has 0 bridgehead atoms. The van der Waals surface area contributed by atoms with Gasteiger partial charge in [-0.05, 0) is 63.3 Å². The molecule has 2 aromatic rings. The number of amides is 4. The summed E-state index contributed by atoms with van der Waals surface area (Å²) in [6, 6.07) is 10.8. The van der Waals surface area contributed by atoms with Crippen molar-refractivity contribution in [2.75, 3.05) is 78.5 Å². The molecule has 0 unspecified atom stereocenters. The first-order valence-electron chi connectivity index (χ1n) is 18.5. The van der Waals surface area contributed by atoms with Crippen molar-refractivity contribution in [1.29, 1.82) is 5.41 Å². The Morgan fingerprint density at radius 3 is 1.96 bits per heavy atom. The molecule has 3 saturated heterocycles. The van der Waals surface area contributed by atoms with Crippen LogP contribution in [-0.4, -0.2) is 138 Å². The molecule has 3 N–H and O–H groups in total. The van der Waals surface area contributed by atoms with Gasteiger partial charge in [-0.1, -0.05) is 38.1 Å². The number of halogens is 1. The predicted molar refractivity (Wildman–Crippen MR) is 199 cm³/mol. The summed E-state index contributed by atoms with van der Waals surface area (Å²) in [7, 11) is 0. The van der Waals surface area contributed by atoms with E-state index in [0.29, 0.717) is 49.8 Å². The van der Waals surface area contributed by atoms with E-state index >= 15 is 0 Å². The molecule has 13 heteroatoms. The fourth-order valence-corrected chi connectivity index (χ4v) is 6.85. The molecule has 0 aliphatic carbocycles. The number of piperazine rings is 2. The third-order valence-corrected chi connectivity index (χ3v) is 9.69. The second kappa shape index (κ2) is 18.4. The molecule has 0 spiro atoms. The van der Waals surface area contributed by atoms with E-state index in [1.54, 1.807) is 34.1 Å². The molecule has 0 aromatic heterocycles. The molecule has 3 heterocycles. The molecule has 3 fully saturated rings. The van der Waals surface area contributed by atoms with Crippen molar-refractivity contribution in [2.24, 2.45) is 11.7 Å². The summed E-state index contributed by atoms with van der Waals surface area (Å²) < 4.78 is 20.4. The zero-order valence-electron chi connectivity index (χ0n) is 31.5. The number of carbonyl (C=O) groups excluding carboxylic acids is 4. The SMILES string of the molecule is CC.CC(C)(C)OC(=O)N1CCC(CN2CCN(CC(=O)N3CCN(C(=O)c4cc(CC(=N)c5ccccc5C(N)=O)ccc4F)CC3)CC2)CC1. The van der Waals surface area contributed by atoms with E-state index in [2.05, 4.69) is 9.80 Å². The number of carbonyl (C=O) groups is 4. The van der Waals surface area contributed by atoms with Gasteiger partial charge in [-0.2, -0.15) is 0 Å². The Balaban J connectivity index is 0.00000297. The summed E-state index contributed by atoms with van der Waals surface area (Å²) in [5.74, 6) is -1.17. The van der Waals surface area contributed by atoms with E-state index in [4.69, 9.17) is 15.9 Å². The largest absolute Gasteiger partial charge is 0.444 e. The maximum absolute atomic E-state index is 14.9. The standard InChI is InChI=1S/C37H50FN7O5.C2H6/c1-37(2,3)50-36(49)45-12-10-26(11-13-45)24-41-14-16-42(17-15-41)25-33(46)43-18-20-44(21-19-43)35(48)30-22-27(8-9-31(30)38)23-32(39)28-6-4-5-7-29(28)34(40)47;1-2/h4-9,22,26,39H,10-21,23-25H2,1-3H3,(H2,40,47);1-2H3. The Labute approximate surface area is 307 Å². The number of rotatable bonds is 9. The predicted octanol–water partition coefficient (Wildman–Crippen LogP) is 4.11. The summed E-state index contributed by atoms with van der Waals surface area (Å²) >= 11 is 0. The molecule has 2 aromatic carbocycles. The molecular weight excluding hydrogens is 665 g/mol. The maximum Gasteiger partial charge on any atom is 0.410 e. The molecular formula is C39H56FN7O5. The smallest absolute Gasteiger partial charge is 0.410 e. The van der Waals surface area contributed by atoms with Crippen molar-refractivity contribution >= 4 is 29.5 Å². The number of hydrogen-bond acceptors (Lipinski definition) is 8. The van der Waals surface area contributed by atoms with E-state index in [1.165, 1.54) is 18.2 Å². The van der Waals surface area contributed by atoms with Gasteiger partial charge in [-0.25, -0.2) is 9.18 Å². The van der Waals surface area contributed by atoms with Gasteiger partial charge in [0.05, 0.1) is 12.1 Å². The minimum Gasteiger partial charge on any atom is -0.444 e. The van der Waals surface area contributed by atoms with Gasteiger partial charge in [-0.3, -0.25) is 19.3 Å². The highest BCUT2D eigenvalue weighted by atomic mass is 19.1. The molecule has 52 heavy (non-hydrogen) atoms. The van der Waals surface area contributed by atoms with Crippen LogP contribution in [0.3, 0.4) is 0 Å². The monoisotopic (exact) mass is 721 g/mol. The van der Waals surface area contributed by atoms with Crippen molar-refractivity contribution in [3.05, 3.63) is 70.5 Å². The van der Waals surface area contributed by atoms with E-state index in [0.717, 1.165) is 58.7 Å². The van der Waals surface area contributed by atoms with Crippen molar-refractivity contribution in [3.8, 4) is 0 Å². The molecule has 0 saturated carbocycles. The lowest BCUT2D eigenvalue weighted by Gasteiger charge is -2.40. The average molecular weight is 722 g/mol. The second-order valence-corrected chi connectivity index (χ2v) is 14.5. The van der Waals surface area contributed by atoms with Gasteiger partial charge < -0.3 is 35.5 Å². The van der Waals surface area contributed by atoms with Gasteiger partial charge in [-0.15, -0.1) is 0 Å². The highest BCUT2D eigenvalue weighted by molar-refractivity contribution is 6.09. The number of hydrogen-bond donors (Lipinski definition) is 2. The molecule has 0 radical (unpaired) electrons. The van der Waals surface area contributed by atoms with Gasteiger partial charge in [0.1, 0.15) is 11.4 Å². The van der Waals surface area contributed by atoms with Crippen LogP contribution in [0.2, 0.25) is 0 Å². The fraction of sp³-hybridized carbons (Fsp3) is 0.564. The summed E-state index contributed by atoms with van der Waals surface area (Å²) in [4.78, 5) is 60.5. The molecule has 5 rings (SSSR count). The number of nitrogens with two attached hydrogens (primary N) is 1. The lowest BCUT2D eigenvalue weighted by atomic mass is 9.96. The zero-order valence-corrected chi connectivity index (χ0v) is 31.5. The summed E-state index contributed by atoms with van der Waals surface area (Å²) in [5.41, 5.74) is 6.23. The number of likely N-dealkylation sites (tertiary alicyclic amines) is 1. The zero-order chi connectivity index (χ0) is 38.0. The topological polar surface area (TPSA) is 144 Å². The maximum atomic E-state index is 14.9. The van der Waals surface area contributed by atoms with Crippen molar-refractivity contribution < 1.29 is 28.3 Å². The Hall–Kier alpha value is -4.36. The molecule has 284 valence electrons. The molecule has 4 amide bonds. The lowest BCUT2D eigenvalue weighted by Crippen LogP contribution is -2.55. The number of nitrogens with zero attached hydrogens (tertiary/aromatic N) is 5. The van der Waals surface area contributed by atoms with Gasteiger partial charge in [0.15, 0.2) is 0 Å². The van der Waals surface area contributed by atoms with Crippen LogP contribution < -0.4 is 5.73 Å². The Bertz CT molecular complexity index is 1570. The summed E-state index contributed by atoms with van der Waals surface area (Å²) in [6.45, 7) is 17.2. The molecule has 12 nitrogen and oxygen atoms in total. The normalized spacial score (nSPS) is 17.6. The van der Waals surface area contributed by atoms with E-state index in [1.807, 2.05) is 39.5 Å². The third kappa shape index (κ3) is 11.1. The average Bonchev–Trinajstić information content (AvgIpc) is 3.13. The minimum absolute atomic E-state index is 0.0306. The number of primary amides is 1. The van der Waals surface area contributed by atoms with Crippen LogP contribution in [0.4, 0.5) is 9.18 Å². The number of nitrogens with one attached hydrogen (secondary N) is 1. The van der Waals surface area contributed by atoms with E-state index in [-0.39, 0.29) is 35.3 Å². The quantitative estimate of drug-likeness (QED) is 0.371. The Morgan fingerprint density at radius 1 is 0.788 bits per heavy atom. The van der Waals surface area contributed by atoms with Crippen LogP contribution in [0, 0.1) is 17.1 Å². The lowest BCUT2D eigenvalue weighted by molar-refractivity contribution is -0.134. The first-order valence-corrected chi connectivity index (χ1v) is 18.5. The summed E-state index contributed by atoms with van der Waals surface area (Å²) in [5, 5.41) is 8.53. The molecule has 0 atom stereocenters. The van der Waals surface area contributed by atoms with E-state index < -0.39 is 23.2 Å². The first kappa shape index (κ1) is 40.4. The van der Waals surface area contributed by atoms with Crippen LogP contribution in [0.25, 0.3) is 0 Å². The molecule has 3 aliphatic heterocycles. The van der Waals surface area contributed by atoms with E-state index in [9.17, 15) is 23.6 Å².